The zero-order chi connectivity index (χ0) is 35.8. The molecule has 6 rings (SSSR count). The maximum Gasteiger partial charge on any atom is 0.274 e. The van der Waals surface area contributed by atoms with E-state index in [1.54, 1.807) is 0 Å². The van der Waals surface area contributed by atoms with Crippen LogP contribution in [-0.2, 0) is 12.8 Å². The summed E-state index contributed by atoms with van der Waals surface area (Å²) in [5, 5.41) is 1.83. The van der Waals surface area contributed by atoms with Crippen molar-refractivity contribution < 1.29 is 8.83 Å². The molecule has 0 saturated carbocycles. The Balaban J connectivity index is 1.04. The molecule has 0 bridgehead atoms. The van der Waals surface area contributed by atoms with E-state index in [-0.39, 0.29) is 0 Å². The van der Waals surface area contributed by atoms with E-state index in [4.69, 9.17) is 8.83 Å². The van der Waals surface area contributed by atoms with E-state index in [2.05, 4.69) is 96.0 Å². The van der Waals surface area contributed by atoms with Crippen molar-refractivity contribution >= 4 is 33.0 Å². The standard InChI is InChI=1S/C48H54N2O2/c1-3-5-7-9-11-13-15-17-19-37-21-25-39(26-22-37)29-35-45-49-43-33-31-42-41(47(43)51-45)32-34-44-48(42)52-46(50-44)36-30-40-27-23-38(24-28-40)20-18-16-14-12-10-8-6-4-2/h21-28,31-34H,3-20H2,1-2H3. The number of rotatable bonds is 18. The average Bonchev–Trinajstić information content (AvgIpc) is 3.80. The van der Waals surface area contributed by atoms with Crippen molar-refractivity contribution in [3.63, 3.8) is 0 Å². The highest BCUT2D eigenvalue weighted by atomic mass is 16.4. The maximum absolute atomic E-state index is 6.18. The van der Waals surface area contributed by atoms with Gasteiger partial charge in [-0.05, 0) is 97.2 Å². The molecule has 0 aliphatic carbocycles. The van der Waals surface area contributed by atoms with Crippen LogP contribution in [0.5, 0.6) is 0 Å². The fourth-order valence-corrected chi connectivity index (χ4v) is 6.97. The van der Waals surface area contributed by atoms with Crippen molar-refractivity contribution in [3.8, 4) is 23.7 Å². The SMILES string of the molecule is CCCCCCCCCCc1ccc(C#Cc2nc3ccc4c(ccc5nc(C#Cc6ccc(CCCCCCCCCC)cc6)oc54)c3o2)cc1. The van der Waals surface area contributed by atoms with Crippen LogP contribution in [0.1, 0.15) is 151 Å². The third-order valence-electron chi connectivity index (χ3n) is 10.1. The van der Waals surface area contributed by atoms with Gasteiger partial charge in [-0.1, -0.05) is 140 Å². The molecule has 4 aromatic carbocycles. The summed E-state index contributed by atoms with van der Waals surface area (Å²) in [6.45, 7) is 4.54. The molecule has 0 unspecified atom stereocenters. The van der Waals surface area contributed by atoms with Gasteiger partial charge in [-0.15, -0.1) is 0 Å². The van der Waals surface area contributed by atoms with Gasteiger partial charge in [0.05, 0.1) is 0 Å². The Morgan fingerprint density at radius 1 is 0.404 bits per heavy atom. The summed E-state index contributed by atoms with van der Waals surface area (Å²) < 4.78 is 12.4. The molecule has 0 N–H and O–H groups in total. The minimum absolute atomic E-state index is 0.401. The Labute approximate surface area is 310 Å². The average molecular weight is 691 g/mol. The van der Waals surface area contributed by atoms with Crippen molar-refractivity contribution in [3.05, 3.63) is 107 Å². The first kappa shape index (κ1) is 37.0. The van der Waals surface area contributed by atoms with Crippen LogP contribution in [0.2, 0.25) is 0 Å². The van der Waals surface area contributed by atoms with Crippen molar-refractivity contribution in [2.45, 2.75) is 129 Å². The molecule has 0 aliphatic heterocycles. The molecule has 0 aliphatic rings. The summed E-state index contributed by atoms with van der Waals surface area (Å²) in [6, 6.07) is 25.1. The zero-order valence-corrected chi connectivity index (χ0v) is 31.4. The minimum Gasteiger partial charge on any atom is -0.429 e. The summed E-state index contributed by atoms with van der Waals surface area (Å²) in [4.78, 5) is 9.32. The quantitative estimate of drug-likeness (QED) is 0.0665. The van der Waals surface area contributed by atoms with Crippen LogP contribution >= 0.6 is 0 Å². The van der Waals surface area contributed by atoms with Crippen LogP contribution in [0.3, 0.4) is 0 Å². The molecule has 0 radical (unpaired) electrons. The molecular formula is C48H54N2O2. The van der Waals surface area contributed by atoms with Gasteiger partial charge in [-0.2, -0.15) is 0 Å². The van der Waals surface area contributed by atoms with Crippen LogP contribution in [-0.4, -0.2) is 9.97 Å². The topological polar surface area (TPSA) is 52.1 Å². The Morgan fingerprint density at radius 3 is 1.15 bits per heavy atom. The second-order valence-corrected chi connectivity index (χ2v) is 14.3. The van der Waals surface area contributed by atoms with E-state index in [0.29, 0.717) is 22.9 Å². The normalized spacial score (nSPS) is 11.2. The molecule has 0 amide bonds. The molecule has 0 spiro atoms. The first-order valence-corrected chi connectivity index (χ1v) is 20.0. The van der Waals surface area contributed by atoms with Crippen LogP contribution in [0.15, 0.2) is 81.6 Å². The lowest BCUT2D eigenvalue weighted by Crippen LogP contribution is -1.87. The molecular weight excluding hydrogens is 637 g/mol. The van der Waals surface area contributed by atoms with E-state index in [1.165, 1.54) is 114 Å². The Bertz CT molecular complexity index is 1970. The van der Waals surface area contributed by atoms with E-state index < -0.39 is 0 Å². The molecule has 268 valence electrons. The van der Waals surface area contributed by atoms with E-state index in [9.17, 15) is 0 Å². The number of oxazole rings is 2. The number of nitrogens with zero attached hydrogens (tertiary/aromatic N) is 2. The van der Waals surface area contributed by atoms with Crippen LogP contribution < -0.4 is 0 Å². The molecule has 2 heterocycles. The Morgan fingerprint density at radius 2 is 0.769 bits per heavy atom. The van der Waals surface area contributed by atoms with Gasteiger partial charge in [0.1, 0.15) is 11.0 Å². The van der Waals surface area contributed by atoms with Gasteiger partial charge < -0.3 is 8.83 Å². The van der Waals surface area contributed by atoms with Gasteiger partial charge in [0.25, 0.3) is 11.8 Å². The Hall–Kier alpha value is -4.80. The molecule has 52 heavy (non-hydrogen) atoms. The van der Waals surface area contributed by atoms with Gasteiger partial charge in [0.2, 0.25) is 0 Å². The molecule has 2 aromatic heterocycles. The van der Waals surface area contributed by atoms with Gasteiger partial charge >= 0.3 is 0 Å². The number of unbranched alkanes of at least 4 members (excludes halogenated alkanes) is 14. The smallest absolute Gasteiger partial charge is 0.274 e. The second-order valence-electron chi connectivity index (χ2n) is 14.3. The van der Waals surface area contributed by atoms with E-state index >= 15 is 0 Å². The zero-order valence-electron chi connectivity index (χ0n) is 31.4. The highest BCUT2D eigenvalue weighted by Gasteiger charge is 2.14. The van der Waals surface area contributed by atoms with Crippen molar-refractivity contribution in [1.82, 2.24) is 9.97 Å². The van der Waals surface area contributed by atoms with E-state index in [0.717, 1.165) is 45.8 Å². The highest BCUT2D eigenvalue weighted by Crippen LogP contribution is 2.32. The second kappa shape index (κ2) is 19.7. The van der Waals surface area contributed by atoms with Gasteiger partial charge in [-0.25, -0.2) is 9.97 Å². The molecule has 6 aromatic rings. The number of aryl methyl sites for hydroxylation is 2. The Kier molecular flexibility index (Phi) is 14.0. The number of benzene rings is 4. The summed E-state index contributed by atoms with van der Waals surface area (Å²) in [6.07, 6.45) is 23.7. The summed E-state index contributed by atoms with van der Waals surface area (Å²) >= 11 is 0. The molecule has 0 atom stereocenters. The fourth-order valence-electron chi connectivity index (χ4n) is 6.97. The predicted molar refractivity (Wildman–Crippen MR) is 217 cm³/mol. The molecule has 4 nitrogen and oxygen atoms in total. The molecule has 0 saturated heterocycles. The van der Waals surface area contributed by atoms with Gasteiger partial charge in [-0.3, -0.25) is 0 Å². The predicted octanol–water partition coefficient (Wildman–Crippen LogP) is 13.3. The number of fused-ring (bicyclic) bond motifs is 5. The number of hydrogen-bond donors (Lipinski definition) is 0. The first-order valence-electron chi connectivity index (χ1n) is 20.0. The lowest BCUT2D eigenvalue weighted by atomic mass is 10.0. The fraction of sp³-hybridized carbons (Fsp3) is 0.417. The lowest BCUT2D eigenvalue weighted by molar-refractivity contribution is 0.575. The molecule has 4 heteroatoms. The van der Waals surface area contributed by atoms with Crippen LogP contribution in [0, 0.1) is 23.7 Å². The van der Waals surface area contributed by atoms with Crippen molar-refractivity contribution in [1.29, 1.82) is 0 Å². The minimum atomic E-state index is 0.401. The third-order valence-corrected chi connectivity index (χ3v) is 10.1. The lowest BCUT2D eigenvalue weighted by Gasteiger charge is -2.03. The number of hydrogen-bond acceptors (Lipinski definition) is 4. The third kappa shape index (κ3) is 10.6. The molecule has 0 fully saturated rings. The van der Waals surface area contributed by atoms with Crippen LogP contribution in [0.25, 0.3) is 33.0 Å². The first-order chi connectivity index (χ1) is 25.7. The van der Waals surface area contributed by atoms with Crippen molar-refractivity contribution in [2.24, 2.45) is 0 Å². The van der Waals surface area contributed by atoms with Crippen molar-refractivity contribution in [2.75, 3.05) is 0 Å². The van der Waals surface area contributed by atoms with Gasteiger partial charge in [0, 0.05) is 21.9 Å². The maximum atomic E-state index is 6.18. The van der Waals surface area contributed by atoms with E-state index in [1.807, 2.05) is 24.3 Å². The summed E-state index contributed by atoms with van der Waals surface area (Å²) in [7, 11) is 0. The summed E-state index contributed by atoms with van der Waals surface area (Å²) in [5.74, 6) is 13.5. The highest BCUT2D eigenvalue weighted by molar-refractivity contribution is 6.12. The largest absolute Gasteiger partial charge is 0.429 e. The van der Waals surface area contributed by atoms with Gasteiger partial charge in [0.15, 0.2) is 11.2 Å². The van der Waals surface area contributed by atoms with Crippen LogP contribution in [0.4, 0.5) is 0 Å². The monoisotopic (exact) mass is 690 g/mol. The number of aromatic nitrogens is 2. The summed E-state index contributed by atoms with van der Waals surface area (Å²) in [5.41, 5.74) is 7.58.